The number of nitrogens with zero attached hydrogens (tertiary/aromatic N) is 6. The molecule has 3 aromatic heterocycles. The van der Waals surface area contributed by atoms with Crippen LogP contribution in [0.4, 0.5) is 0 Å². The summed E-state index contributed by atoms with van der Waals surface area (Å²) in [6.07, 6.45) is 5.30. The van der Waals surface area contributed by atoms with Gasteiger partial charge in [-0.3, -0.25) is 19.2 Å². The Balaban J connectivity index is 1.33. The number of carbonyl (C=O) groups is 1. The van der Waals surface area contributed by atoms with E-state index in [4.69, 9.17) is 0 Å². The summed E-state index contributed by atoms with van der Waals surface area (Å²) in [6.45, 7) is 8.72. The summed E-state index contributed by atoms with van der Waals surface area (Å²) in [7, 11) is 0. The maximum Gasteiger partial charge on any atom is 0.233 e. The molecule has 0 radical (unpaired) electrons. The lowest BCUT2D eigenvalue weighted by Crippen LogP contribution is -2.48. The van der Waals surface area contributed by atoms with Gasteiger partial charge in [0.05, 0.1) is 5.75 Å². The van der Waals surface area contributed by atoms with Gasteiger partial charge >= 0.3 is 0 Å². The number of carbonyl (C=O) groups excluding carboxylic acids is 1. The molecule has 9 heteroatoms. The Kier molecular flexibility index (Phi) is 6.93. The van der Waals surface area contributed by atoms with E-state index in [1.807, 2.05) is 27.7 Å². The molecular weight excluding hydrogens is 416 g/mol. The van der Waals surface area contributed by atoms with Crippen LogP contribution in [-0.2, 0) is 17.9 Å². The van der Waals surface area contributed by atoms with Crippen molar-refractivity contribution in [2.75, 3.05) is 31.9 Å². The number of piperazine rings is 1. The normalized spacial score (nSPS) is 14.7. The molecule has 0 bridgehead atoms. The molecule has 1 fully saturated rings. The van der Waals surface area contributed by atoms with Crippen LogP contribution in [0.3, 0.4) is 0 Å². The fraction of sp³-hybridized carbons (Fsp3) is 0.333. The molecule has 0 aliphatic carbocycles. The van der Waals surface area contributed by atoms with Crippen LogP contribution in [0.2, 0.25) is 0 Å². The summed E-state index contributed by atoms with van der Waals surface area (Å²) in [4.78, 5) is 21.3. The number of thiophene rings is 1. The fourth-order valence-electron chi connectivity index (χ4n) is 3.41. The number of aromatic nitrogens is 4. The van der Waals surface area contributed by atoms with Crippen LogP contribution in [-0.4, -0.2) is 67.4 Å². The minimum absolute atomic E-state index is 0.145. The van der Waals surface area contributed by atoms with Crippen molar-refractivity contribution in [2.45, 2.75) is 18.2 Å². The minimum atomic E-state index is 0.145. The predicted octanol–water partition coefficient (Wildman–Crippen LogP) is 3.02. The zero-order valence-electron chi connectivity index (χ0n) is 16.7. The Labute approximate surface area is 184 Å². The molecule has 0 atom stereocenters. The molecule has 0 unspecified atom stereocenters. The van der Waals surface area contributed by atoms with Crippen molar-refractivity contribution in [3.05, 3.63) is 59.6 Å². The zero-order chi connectivity index (χ0) is 20.8. The van der Waals surface area contributed by atoms with Gasteiger partial charge in [-0.25, -0.2) is 0 Å². The molecule has 1 aliphatic heterocycles. The van der Waals surface area contributed by atoms with E-state index in [1.165, 1.54) is 17.3 Å². The van der Waals surface area contributed by atoms with Crippen molar-refractivity contribution in [1.82, 2.24) is 29.5 Å². The quantitative estimate of drug-likeness (QED) is 0.396. The summed E-state index contributed by atoms with van der Waals surface area (Å²) < 4.78 is 1.97. The lowest BCUT2D eigenvalue weighted by Gasteiger charge is -2.34. The van der Waals surface area contributed by atoms with Gasteiger partial charge < -0.3 is 4.90 Å². The first-order valence-electron chi connectivity index (χ1n) is 9.83. The standard InChI is InChI=1S/C21H24N6OS2/c1-2-7-27-20(18-4-3-6-22-13-18)23-24-21(27)30-16-19(28)26-10-8-25(9-11-26)14-17-5-12-29-15-17/h2-6,12-13,15H,1,7-11,14,16H2. The van der Waals surface area contributed by atoms with Gasteiger partial charge in [-0.05, 0) is 34.5 Å². The van der Waals surface area contributed by atoms with Crippen LogP contribution in [0.15, 0.2) is 59.2 Å². The smallest absolute Gasteiger partial charge is 0.233 e. The Morgan fingerprint density at radius 3 is 2.80 bits per heavy atom. The van der Waals surface area contributed by atoms with Crippen LogP contribution >= 0.6 is 23.1 Å². The van der Waals surface area contributed by atoms with E-state index in [2.05, 4.69) is 43.5 Å². The maximum atomic E-state index is 12.7. The molecule has 156 valence electrons. The van der Waals surface area contributed by atoms with Crippen molar-refractivity contribution < 1.29 is 4.79 Å². The monoisotopic (exact) mass is 440 g/mol. The van der Waals surface area contributed by atoms with Gasteiger partial charge in [-0.2, -0.15) is 11.3 Å². The van der Waals surface area contributed by atoms with E-state index in [0.29, 0.717) is 12.3 Å². The molecule has 0 spiro atoms. The van der Waals surface area contributed by atoms with Gasteiger partial charge in [0.25, 0.3) is 0 Å². The molecule has 1 amide bonds. The average Bonchev–Trinajstić information content (AvgIpc) is 3.43. The number of allylic oxidation sites excluding steroid dienone is 1. The van der Waals surface area contributed by atoms with E-state index in [0.717, 1.165) is 49.3 Å². The van der Waals surface area contributed by atoms with Crippen molar-refractivity contribution in [1.29, 1.82) is 0 Å². The number of rotatable bonds is 8. The molecule has 7 nitrogen and oxygen atoms in total. The molecular formula is C21H24N6OS2. The third kappa shape index (κ3) is 4.97. The average molecular weight is 441 g/mol. The second-order valence-corrected chi connectivity index (χ2v) is 8.75. The lowest BCUT2D eigenvalue weighted by molar-refractivity contribution is -0.130. The van der Waals surface area contributed by atoms with Gasteiger partial charge in [0.1, 0.15) is 0 Å². The Hall–Kier alpha value is -2.49. The minimum Gasteiger partial charge on any atom is -0.339 e. The number of thioether (sulfide) groups is 1. The van der Waals surface area contributed by atoms with Crippen LogP contribution < -0.4 is 0 Å². The number of hydrogen-bond donors (Lipinski definition) is 0. The van der Waals surface area contributed by atoms with E-state index < -0.39 is 0 Å². The highest BCUT2D eigenvalue weighted by Crippen LogP contribution is 2.24. The largest absolute Gasteiger partial charge is 0.339 e. The second-order valence-electron chi connectivity index (χ2n) is 7.02. The highest BCUT2D eigenvalue weighted by Gasteiger charge is 2.22. The molecule has 0 aromatic carbocycles. The van der Waals surface area contributed by atoms with E-state index in [1.54, 1.807) is 23.7 Å². The summed E-state index contributed by atoms with van der Waals surface area (Å²) >= 11 is 3.15. The van der Waals surface area contributed by atoms with E-state index in [9.17, 15) is 4.79 Å². The first-order chi connectivity index (χ1) is 14.7. The molecule has 1 aliphatic rings. The molecule has 1 saturated heterocycles. The Morgan fingerprint density at radius 2 is 2.10 bits per heavy atom. The fourth-order valence-corrected chi connectivity index (χ4v) is 4.92. The summed E-state index contributed by atoms with van der Waals surface area (Å²) in [5, 5.41) is 13.6. The van der Waals surface area contributed by atoms with Gasteiger partial charge in [-0.15, -0.1) is 16.8 Å². The van der Waals surface area contributed by atoms with Gasteiger partial charge in [0.2, 0.25) is 5.91 Å². The summed E-state index contributed by atoms with van der Waals surface area (Å²) in [5.41, 5.74) is 2.24. The van der Waals surface area contributed by atoms with Crippen LogP contribution in [0, 0.1) is 0 Å². The third-order valence-corrected chi connectivity index (χ3v) is 6.67. The summed E-state index contributed by atoms with van der Waals surface area (Å²) in [6, 6.07) is 5.99. The van der Waals surface area contributed by atoms with Crippen molar-refractivity contribution in [2.24, 2.45) is 0 Å². The van der Waals surface area contributed by atoms with Crippen molar-refractivity contribution in [3.8, 4) is 11.4 Å². The van der Waals surface area contributed by atoms with E-state index >= 15 is 0 Å². The van der Waals surface area contributed by atoms with Crippen LogP contribution in [0.25, 0.3) is 11.4 Å². The summed E-state index contributed by atoms with van der Waals surface area (Å²) in [5.74, 6) is 1.23. The van der Waals surface area contributed by atoms with Gasteiger partial charge in [0.15, 0.2) is 11.0 Å². The number of pyridine rings is 1. The molecule has 3 aromatic rings. The topological polar surface area (TPSA) is 67.2 Å². The van der Waals surface area contributed by atoms with E-state index in [-0.39, 0.29) is 5.91 Å². The molecule has 4 rings (SSSR count). The SMILES string of the molecule is C=CCn1c(SCC(=O)N2CCN(Cc3ccsc3)CC2)nnc1-c1cccnc1. The van der Waals surface area contributed by atoms with Crippen molar-refractivity contribution >= 4 is 29.0 Å². The predicted molar refractivity (Wildman–Crippen MR) is 120 cm³/mol. The van der Waals surface area contributed by atoms with Gasteiger partial charge in [0, 0.05) is 57.2 Å². The zero-order valence-corrected chi connectivity index (χ0v) is 18.3. The number of hydrogen-bond acceptors (Lipinski definition) is 7. The number of amides is 1. The molecule has 30 heavy (non-hydrogen) atoms. The second kappa shape index (κ2) is 10.0. The first-order valence-corrected chi connectivity index (χ1v) is 11.8. The molecule has 0 N–H and O–H groups in total. The maximum absolute atomic E-state index is 12.7. The lowest BCUT2D eigenvalue weighted by atomic mass is 10.2. The Bertz CT molecular complexity index is 965. The van der Waals surface area contributed by atoms with Crippen LogP contribution in [0.5, 0.6) is 0 Å². The van der Waals surface area contributed by atoms with Gasteiger partial charge in [-0.1, -0.05) is 17.8 Å². The first kappa shape index (κ1) is 20.8. The highest BCUT2D eigenvalue weighted by molar-refractivity contribution is 7.99. The highest BCUT2D eigenvalue weighted by atomic mass is 32.2. The van der Waals surface area contributed by atoms with Crippen LogP contribution in [0.1, 0.15) is 5.56 Å². The third-order valence-electron chi connectivity index (χ3n) is 4.98. The molecule has 4 heterocycles. The molecule has 0 saturated carbocycles. The Morgan fingerprint density at radius 1 is 1.23 bits per heavy atom. The van der Waals surface area contributed by atoms with Crippen molar-refractivity contribution in [3.63, 3.8) is 0 Å².